The van der Waals surface area contributed by atoms with E-state index in [1.165, 1.54) is 12.2 Å². The van der Waals surface area contributed by atoms with Crippen LogP contribution in [0.2, 0.25) is 0 Å². The van der Waals surface area contributed by atoms with Crippen molar-refractivity contribution in [2.24, 2.45) is 0 Å². The monoisotopic (exact) mass is 152 g/mol. The molecule has 0 aromatic heterocycles. The van der Waals surface area contributed by atoms with Crippen LogP contribution in [0.5, 0.6) is 0 Å². The Morgan fingerprint density at radius 3 is 2.38 bits per heavy atom. The molecule has 0 aliphatic rings. The number of carbonyl (C=O) groups excluding carboxylic acids is 1. The number of allylic oxidation sites excluding steroid dienone is 2. The number of hydrogen-bond donors (Lipinski definition) is 0. The summed E-state index contributed by atoms with van der Waals surface area (Å²) in [7, 11) is 0. The first-order valence-electron chi connectivity index (χ1n) is 2.14. The molecule has 0 heterocycles. The van der Waals surface area contributed by atoms with Crippen LogP contribution in [0.25, 0.3) is 0 Å². The van der Waals surface area contributed by atoms with E-state index in [1.54, 1.807) is 6.92 Å². The van der Waals surface area contributed by atoms with Gasteiger partial charge in [-0.15, -0.1) is 11.6 Å². The standard InChI is InChI=1S/C5H6Cl2O/c1-4(6)2-3-5(7)8/h2-4H,1H3/b3-2+. The number of rotatable bonds is 2. The molecule has 0 aliphatic heterocycles. The van der Waals surface area contributed by atoms with E-state index in [1.807, 2.05) is 0 Å². The summed E-state index contributed by atoms with van der Waals surface area (Å²) < 4.78 is 0. The molecule has 1 unspecified atom stereocenters. The summed E-state index contributed by atoms with van der Waals surface area (Å²) in [5.41, 5.74) is 0. The average molecular weight is 153 g/mol. The van der Waals surface area contributed by atoms with Crippen LogP contribution in [0.4, 0.5) is 0 Å². The zero-order chi connectivity index (χ0) is 6.57. The van der Waals surface area contributed by atoms with E-state index >= 15 is 0 Å². The first-order valence-corrected chi connectivity index (χ1v) is 2.96. The maximum atomic E-state index is 9.97. The highest BCUT2D eigenvalue weighted by molar-refractivity contribution is 6.66. The molecule has 8 heavy (non-hydrogen) atoms. The molecule has 0 spiro atoms. The van der Waals surface area contributed by atoms with Crippen LogP contribution in [-0.4, -0.2) is 10.6 Å². The van der Waals surface area contributed by atoms with Crippen molar-refractivity contribution >= 4 is 28.4 Å². The second kappa shape index (κ2) is 3.93. The molecule has 0 aliphatic carbocycles. The lowest BCUT2D eigenvalue weighted by Gasteiger charge is -1.85. The van der Waals surface area contributed by atoms with Gasteiger partial charge in [0, 0.05) is 5.38 Å². The largest absolute Gasteiger partial charge is 0.276 e. The first-order chi connectivity index (χ1) is 3.63. The van der Waals surface area contributed by atoms with Crippen molar-refractivity contribution in [1.29, 1.82) is 0 Å². The third-order valence-electron chi connectivity index (χ3n) is 0.492. The summed E-state index contributed by atoms with van der Waals surface area (Å²) in [6.07, 6.45) is 2.76. The number of halogens is 2. The van der Waals surface area contributed by atoms with Crippen LogP contribution in [0.15, 0.2) is 12.2 Å². The maximum absolute atomic E-state index is 9.97. The minimum absolute atomic E-state index is 0.127. The summed E-state index contributed by atoms with van der Waals surface area (Å²) in [5, 5.41) is -0.616. The smallest absolute Gasteiger partial charge is 0.244 e. The SMILES string of the molecule is CC(Cl)/C=C/C(=O)Cl. The lowest BCUT2D eigenvalue weighted by atomic mass is 10.4. The molecule has 0 fully saturated rings. The third-order valence-corrected chi connectivity index (χ3v) is 0.764. The van der Waals surface area contributed by atoms with Crippen LogP contribution in [-0.2, 0) is 4.79 Å². The lowest BCUT2D eigenvalue weighted by molar-refractivity contribution is -0.107. The number of hydrogen-bond acceptors (Lipinski definition) is 1. The zero-order valence-electron chi connectivity index (χ0n) is 4.40. The average Bonchev–Trinajstić information content (AvgIpc) is 1.61. The minimum atomic E-state index is -0.488. The van der Waals surface area contributed by atoms with Crippen molar-refractivity contribution in [3.63, 3.8) is 0 Å². The molecular weight excluding hydrogens is 147 g/mol. The Hall–Kier alpha value is -0.0100. The lowest BCUT2D eigenvalue weighted by Crippen LogP contribution is -1.83. The Labute approximate surface area is 58.3 Å². The maximum Gasteiger partial charge on any atom is 0.244 e. The van der Waals surface area contributed by atoms with Crippen molar-refractivity contribution < 1.29 is 4.79 Å². The van der Waals surface area contributed by atoms with Crippen molar-refractivity contribution in [3.8, 4) is 0 Å². The Morgan fingerprint density at radius 1 is 1.75 bits per heavy atom. The topological polar surface area (TPSA) is 17.1 Å². The highest BCUT2D eigenvalue weighted by Gasteiger charge is 1.88. The summed E-state index contributed by atoms with van der Waals surface area (Å²) >= 11 is 10.4. The second-order valence-electron chi connectivity index (χ2n) is 1.34. The molecular formula is C5H6Cl2O. The third kappa shape index (κ3) is 5.99. The highest BCUT2D eigenvalue weighted by Crippen LogP contribution is 1.95. The Kier molecular flexibility index (Phi) is 3.92. The van der Waals surface area contributed by atoms with E-state index in [0.29, 0.717) is 0 Å². The molecule has 46 valence electrons. The number of alkyl halides is 1. The fourth-order valence-corrected chi connectivity index (χ4v) is 0.354. The van der Waals surface area contributed by atoms with Gasteiger partial charge >= 0.3 is 0 Å². The fraction of sp³-hybridized carbons (Fsp3) is 0.400. The molecule has 0 aromatic rings. The van der Waals surface area contributed by atoms with E-state index in [2.05, 4.69) is 0 Å². The predicted molar refractivity (Wildman–Crippen MR) is 35.3 cm³/mol. The number of carbonyl (C=O) groups is 1. The quantitative estimate of drug-likeness (QED) is 0.336. The van der Waals surface area contributed by atoms with Gasteiger partial charge in [0.25, 0.3) is 0 Å². The normalized spacial score (nSPS) is 14.4. The molecule has 0 amide bonds. The van der Waals surface area contributed by atoms with Gasteiger partial charge in [0.15, 0.2) is 0 Å². The van der Waals surface area contributed by atoms with Gasteiger partial charge in [-0.05, 0) is 24.6 Å². The van der Waals surface area contributed by atoms with Crippen LogP contribution in [0.3, 0.4) is 0 Å². The minimum Gasteiger partial charge on any atom is -0.276 e. The van der Waals surface area contributed by atoms with E-state index in [9.17, 15) is 4.79 Å². The molecule has 0 N–H and O–H groups in total. The van der Waals surface area contributed by atoms with E-state index in [0.717, 1.165) is 0 Å². The Morgan fingerprint density at radius 2 is 2.25 bits per heavy atom. The van der Waals surface area contributed by atoms with Crippen LogP contribution < -0.4 is 0 Å². The van der Waals surface area contributed by atoms with Gasteiger partial charge in [-0.3, -0.25) is 4.79 Å². The van der Waals surface area contributed by atoms with E-state index in [4.69, 9.17) is 23.2 Å². The first kappa shape index (κ1) is 7.99. The van der Waals surface area contributed by atoms with Crippen LogP contribution >= 0.6 is 23.2 Å². The molecule has 0 bridgehead atoms. The summed E-state index contributed by atoms with van der Waals surface area (Å²) in [6, 6.07) is 0. The van der Waals surface area contributed by atoms with Crippen molar-refractivity contribution in [2.75, 3.05) is 0 Å². The molecule has 1 atom stereocenters. The van der Waals surface area contributed by atoms with E-state index in [-0.39, 0.29) is 5.38 Å². The van der Waals surface area contributed by atoms with Gasteiger partial charge in [0.2, 0.25) is 5.24 Å². The van der Waals surface area contributed by atoms with Gasteiger partial charge in [-0.25, -0.2) is 0 Å². The van der Waals surface area contributed by atoms with Crippen molar-refractivity contribution in [1.82, 2.24) is 0 Å². The zero-order valence-corrected chi connectivity index (χ0v) is 5.91. The van der Waals surface area contributed by atoms with Gasteiger partial charge in [-0.2, -0.15) is 0 Å². The molecule has 0 saturated heterocycles. The summed E-state index contributed by atoms with van der Waals surface area (Å²) in [6.45, 7) is 1.75. The van der Waals surface area contributed by atoms with Crippen LogP contribution in [0.1, 0.15) is 6.92 Å². The van der Waals surface area contributed by atoms with Gasteiger partial charge in [-0.1, -0.05) is 6.08 Å². The molecule has 0 radical (unpaired) electrons. The summed E-state index contributed by atoms with van der Waals surface area (Å²) in [4.78, 5) is 9.97. The van der Waals surface area contributed by atoms with Gasteiger partial charge < -0.3 is 0 Å². The van der Waals surface area contributed by atoms with Crippen molar-refractivity contribution in [2.45, 2.75) is 12.3 Å². The molecule has 0 rings (SSSR count). The Balaban J connectivity index is 3.50. The van der Waals surface area contributed by atoms with Gasteiger partial charge in [0.1, 0.15) is 0 Å². The van der Waals surface area contributed by atoms with E-state index < -0.39 is 5.24 Å². The van der Waals surface area contributed by atoms with Gasteiger partial charge in [0.05, 0.1) is 0 Å². The molecule has 0 aromatic carbocycles. The Bertz CT molecular complexity index is 107. The van der Waals surface area contributed by atoms with Crippen molar-refractivity contribution in [3.05, 3.63) is 12.2 Å². The second-order valence-corrected chi connectivity index (χ2v) is 2.40. The highest BCUT2D eigenvalue weighted by atomic mass is 35.5. The summed E-state index contributed by atoms with van der Waals surface area (Å²) in [5.74, 6) is 0. The molecule has 1 nitrogen and oxygen atoms in total. The van der Waals surface area contributed by atoms with Crippen LogP contribution in [0, 0.1) is 0 Å². The predicted octanol–water partition coefficient (Wildman–Crippen LogP) is 1.94. The molecule has 3 heteroatoms. The fourth-order valence-electron chi connectivity index (χ4n) is 0.208. The molecule has 0 saturated carbocycles.